The van der Waals surface area contributed by atoms with Gasteiger partial charge in [-0.2, -0.15) is 0 Å². The van der Waals surface area contributed by atoms with Gasteiger partial charge in [0.15, 0.2) is 0 Å². The van der Waals surface area contributed by atoms with Gasteiger partial charge in [0.05, 0.1) is 12.3 Å². The maximum Gasteiger partial charge on any atom is 0.321 e. The summed E-state index contributed by atoms with van der Waals surface area (Å²) in [7, 11) is 1.53. The second-order valence-corrected chi connectivity index (χ2v) is 5.09. The lowest BCUT2D eigenvalue weighted by molar-refractivity contribution is -0.138. The zero-order valence-electron chi connectivity index (χ0n) is 11.2. The summed E-state index contributed by atoms with van der Waals surface area (Å²) in [6.07, 6.45) is 0.840. The lowest BCUT2D eigenvalue weighted by Gasteiger charge is -2.16. The Balaban J connectivity index is 3.87. The highest BCUT2D eigenvalue weighted by molar-refractivity contribution is 8.00. The Hall–Kier alpha value is -1.28. The predicted octanol–water partition coefficient (Wildman–Crippen LogP) is -0.884. The predicted molar refractivity (Wildman–Crippen MR) is 73.9 cm³/mol. The van der Waals surface area contributed by atoms with Crippen molar-refractivity contribution in [3.8, 4) is 0 Å². The summed E-state index contributed by atoms with van der Waals surface area (Å²) in [4.78, 5) is 34.8. The number of nitrogens with two attached hydrogens (primary N) is 1. The standard InChI is InChI=1S/C11H21N3O4S/c1-3-4-13-9(15)5-14(2)10(16)7-19-6-8(12)11(17)18/h8H,3-7,12H2,1-2H3,(H,13,15)(H,17,18)/t8-/m0/s1. The number of carbonyl (C=O) groups is 3. The lowest BCUT2D eigenvalue weighted by atomic mass is 10.4. The van der Waals surface area contributed by atoms with Crippen LogP contribution in [0.5, 0.6) is 0 Å². The van der Waals surface area contributed by atoms with Crippen LogP contribution in [0.4, 0.5) is 0 Å². The van der Waals surface area contributed by atoms with E-state index in [0.29, 0.717) is 6.54 Å². The molecule has 0 bridgehead atoms. The topological polar surface area (TPSA) is 113 Å². The average molecular weight is 291 g/mol. The summed E-state index contributed by atoms with van der Waals surface area (Å²) >= 11 is 1.14. The summed E-state index contributed by atoms with van der Waals surface area (Å²) in [6.45, 7) is 2.53. The minimum atomic E-state index is -1.09. The molecule has 0 spiro atoms. The Morgan fingerprint density at radius 2 is 2.05 bits per heavy atom. The summed E-state index contributed by atoms with van der Waals surface area (Å²) in [5.41, 5.74) is 5.31. The largest absolute Gasteiger partial charge is 0.480 e. The summed E-state index contributed by atoms with van der Waals surface area (Å²) in [6, 6.07) is -0.976. The van der Waals surface area contributed by atoms with Crippen molar-refractivity contribution < 1.29 is 19.5 Å². The van der Waals surface area contributed by atoms with Crippen LogP contribution in [0.1, 0.15) is 13.3 Å². The summed E-state index contributed by atoms with van der Waals surface area (Å²) in [5.74, 6) is -1.25. The quantitative estimate of drug-likeness (QED) is 0.508. The van der Waals surface area contributed by atoms with Gasteiger partial charge in [-0.1, -0.05) is 6.92 Å². The van der Waals surface area contributed by atoms with Crippen molar-refractivity contribution in [2.24, 2.45) is 5.73 Å². The number of nitrogens with one attached hydrogen (secondary N) is 1. The van der Waals surface area contributed by atoms with Crippen LogP contribution in [0.3, 0.4) is 0 Å². The summed E-state index contributed by atoms with van der Waals surface area (Å²) in [5, 5.41) is 11.2. The first-order valence-electron chi connectivity index (χ1n) is 5.95. The molecule has 4 N–H and O–H groups in total. The van der Waals surface area contributed by atoms with E-state index in [9.17, 15) is 14.4 Å². The van der Waals surface area contributed by atoms with E-state index in [1.54, 1.807) is 0 Å². The number of thioether (sulfide) groups is 1. The zero-order valence-corrected chi connectivity index (χ0v) is 12.0. The van der Waals surface area contributed by atoms with E-state index >= 15 is 0 Å². The first-order valence-corrected chi connectivity index (χ1v) is 7.10. The number of hydrogen-bond donors (Lipinski definition) is 3. The zero-order chi connectivity index (χ0) is 14.8. The SMILES string of the molecule is CCCNC(=O)CN(C)C(=O)CSC[C@H](N)C(=O)O. The maximum absolute atomic E-state index is 11.6. The third-order valence-electron chi connectivity index (χ3n) is 2.22. The number of carboxylic acids is 1. The average Bonchev–Trinajstić information content (AvgIpc) is 2.35. The number of likely N-dealkylation sites (N-methyl/N-ethyl adjacent to an activating group) is 1. The number of nitrogens with zero attached hydrogens (tertiary/aromatic N) is 1. The Morgan fingerprint density at radius 1 is 1.42 bits per heavy atom. The fourth-order valence-corrected chi connectivity index (χ4v) is 1.99. The molecule has 1 atom stereocenters. The molecule has 0 unspecified atom stereocenters. The molecule has 0 aliphatic carbocycles. The Kier molecular flexibility index (Phi) is 8.98. The van der Waals surface area contributed by atoms with E-state index in [0.717, 1.165) is 18.2 Å². The van der Waals surface area contributed by atoms with Crippen LogP contribution in [0.25, 0.3) is 0 Å². The minimum absolute atomic E-state index is 0.00434. The Labute approximate surface area is 116 Å². The van der Waals surface area contributed by atoms with Crippen LogP contribution in [0, 0.1) is 0 Å². The van der Waals surface area contributed by atoms with E-state index in [2.05, 4.69) is 5.32 Å². The molecule has 7 nitrogen and oxygen atoms in total. The number of aliphatic carboxylic acids is 1. The number of carboxylic acid groups (broad SMARTS) is 1. The normalized spacial score (nSPS) is 11.7. The maximum atomic E-state index is 11.6. The van der Waals surface area contributed by atoms with Gasteiger partial charge < -0.3 is 21.1 Å². The molecule has 0 aromatic rings. The first kappa shape index (κ1) is 17.7. The molecule has 0 saturated heterocycles. The molecule has 0 radical (unpaired) electrons. The van der Waals surface area contributed by atoms with Gasteiger partial charge in [-0.3, -0.25) is 14.4 Å². The molecular weight excluding hydrogens is 270 g/mol. The van der Waals surface area contributed by atoms with E-state index in [1.807, 2.05) is 6.92 Å². The molecule has 0 aliphatic heterocycles. The van der Waals surface area contributed by atoms with Crippen molar-refractivity contribution in [2.45, 2.75) is 19.4 Å². The monoisotopic (exact) mass is 291 g/mol. The molecule has 19 heavy (non-hydrogen) atoms. The highest BCUT2D eigenvalue weighted by Crippen LogP contribution is 2.03. The van der Waals surface area contributed by atoms with Crippen LogP contribution >= 0.6 is 11.8 Å². The van der Waals surface area contributed by atoms with Crippen molar-refractivity contribution in [3.63, 3.8) is 0 Å². The number of carbonyl (C=O) groups excluding carboxylic acids is 2. The first-order chi connectivity index (χ1) is 8.88. The fourth-order valence-electron chi connectivity index (χ4n) is 1.08. The van der Waals surface area contributed by atoms with E-state index in [-0.39, 0.29) is 29.9 Å². The van der Waals surface area contributed by atoms with Gasteiger partial charge in [0.25, 0.3) is 0 Å². The molecule has 110 valence electrons. The summed E-state index contributed by atoms with van der Waals surface area (Å²) < 4.78 is 0. The number of amides is 2. The second-order valence-electron chi connectivity index (χ2n) is 4.06. The molecule has 0 saturated carbocycles. The fraction of sp³-hybridized carbons (Fsp3) is 0.727. The molecule has 0 aromatic carbocycles. The van der Waals surface area contributed by atoms with Crippen LogP contribution < -0.4 is 11.1 Å². The third kappa shape index (κ3) is 8.44. The minimum Gasteiger partial charge on any atom is -0.480 e. The van der Waals surface area contributed by atoms with Crippen molar-refractivity contribution >= 4 is 29.5 Å². The molecule has 0 heterocycles. The lowest BCUT2D eigenvalue weighted by Crippen LogP contribution is -2.39. The molecule has 0 aromatic heterocycles. The molecule has 0 fully saturated rings. The molecule has 8 heteroatoms. The van der Waals surface area contributed by atoms with Gasteiger partial charge in [-0.25, -0.2) is 0 Å². The highest BCUT2D eigenvalue weighted by atomic mass is 32.2. The molecular formula is C11H21N3O4S. The smallest absolute Gasteiger partial charge is 0.321 e. The van der Waals surface area contributed by atoms with Crippen LogP contribution in [0.15, 0.2) is 0 Å². The third-order valence-corrected chi connectivity index (χ3v) is 3.26. The molecule has 2 amide bonds. The van der Waals surface area contributed by atoms with E-state index in [4.69, 9.17) is 10.8 Å². The molecule has 0 rings (SSSR count). The van der Waals surface area contributed by atoms with Crippen LogP contribution in [-0.2, 0) is 14.4 Å². The van der Waals surface area contributed by atoms with E-state index < -0.39 is 12.0 Å². The van der Waals surface area contributed by atoms with Gasteiger partial charge in [-0.15, -0.1) is 11.8 Å². The van der Waals surface area contributed by atoms with Crippen LogP contribution in [0.2, 0.25) is 0 Å². The van der Waals surface area contributed by atoms with E-state index in [1.165, 1.54) is 11.9 Å². The van der Waals surface area contributed by atoms with Crippen LogP contribution in [-0.4, -0.2) is 65.5 Å². The van der Waals surface area contributed by atoms with Crippen molar-refractivity contribution in [1.29, 1.82) is 0 Å². The Bertz CT molecular complexity index is 325. The van der Waals surface area contributed by atoms with Gasteiger partial charge in [0, 0.05) is 19.3 Å². The van der Waals surface area contributed by atoms with Gasteiger partial charge >= 0.3 is 5.97 Å². The van der Waals surface area contributed by atoms with Crippen molar-refractivity contribution in [3.05, 3.63) is 0 Å². The van der Waals surface area contributed by atoms with Crippen molar-refractivity contribution in [2.75, 3.05) is 31.6 Å². The van der Waals surface area contributed by atoms with Gasteiger partial charge in [-0.05, 0) is 6.42 Å². The van der Waals surface area contributed by atoms with Gasteiger partial charge in [0.1, 0.15) is 6.04 Å². The Morgan fingerprint density at radius 3 is 2.58 bits per heavy atom. The van der Waals surface area contributed by atoms with Gasteiger partial charge in [0.2, 0.25) is 11.8 Å². The molecule has 0 aliphatic rings. The van der Waals surface area contributed by atoms with Crippen molar-refractivity contribution in [1.82, 2.24) is 10.2 Å². The number of rotatable bonds is 9. The number of hydrogen-bond acceptors (Lipinski definition) is 5. The second kappa shape index (κ2) is 9.62. The highest BCUT2D eigenvalue weighted by Gasteiger charge is 2.15.